The van der Waals surface area contributed by atoms with Gasteiger partial charge in [0.1, 0.15) is 10.4 Å². The van der Waals surface area contributed by atoms with Crippen molar-refractivity contribution in [3.63, 3.8) is 0 Å². The summed E-state index contributed by atoms with van der Waals surface area (Å²) in [6.07, 6.45) is 12.4. The summed E-state index contributed by atoms with van der Waals surface area (Å²) in [6, 6.07) is 6.67. The number of nitrogens with zero attached hydrogens (tertiary/aromatic N) is 2. The first kappa shape index (κ1) is 21.5. The Labute approximate surface area is 171 Å². The van der Waals surface area contributed by atoms with Crippen molar-refractivity contribution >= 4 is 15.9 Å². The van der Waals surface area contributed by atoms with E-state index in [-0.39, 0.29) is 5.82 Å². The van der Waals surface area contributed by atoms with E-state index in [9.17, 15) is 4.39 Å². The minimum atomic E-state index is -0.226. The van der Waals surface area contributed by atoms with E-state index < -0.39 is 0 Å². The highest BCUT2D eigenvalue weighted by molar-refractivity contribution is 9.11. The van der Waals surface area contributed by atoms with Crippen molar-refractivity contribution in [1.29, 1.82) is 0 Å². The maximum absolute atomic E-state index is 13.5. The summed E-state index contributed by atoms with van der Waals surface area (Å²) in [5.41, 5.74) is 2.90. The third kappa shape index (κ3) is 6.39. The van der Waals surface area contributed by atoms with Crippen molar-refractivity contribution in [3.05, 3.63) is 83.3 Å². The zero-order valence-electron chi connectivity index (χ0n) is 16.4. The second-order valence-corrected chi connectivity index (χ2v) is 7.93. The number of hydrogen-bond donors (Lipinski definition) is 0. The molecular formula is C23H30BrFN2. The van der Waals surface area contributed by atoms with Gasteiger partial charge in [0, 0.05) is 30.3 Å². The lowest BCUT2D eigenvalue weighted by Crippen LogP contribution is -2.23. The Hall–Kier alpha value is -1.81. The molecule has 0 aliphatic heterocycles. The molecule has 1 aliphatic rings. The molecule has 2 nitrogen and oxygen atoms in total. The molecular weight excluding hydrogens is 403 g/mol. The molecule has 1 aliphatic carbocycles. The highest BCUT2D eigenvalue weighted by Crippen LogP contribution is 2.32. The molecule has 0 heterocycles. The molecule has 27 heavy (non-hydrogen) atoms. The summed E-state index contributed by atoms with van der Waals surface area (Å²) in [5.74, 6) is 0.295. The van der Waals surface area contributed by atoms with Crippen LogP contribution in [0.4, 0.5) is 4.39 Å². The highest BCUT2D eigenvalue weighted by atomic mass is 79.9. The average molecular weight is 433 g/mol. The van der Waals surface area contributed by atoms with Crippen LogP contribution in [-0.4, -0.2) is 9.80 Å². The van der Waals surface area contributed by atoms with Gasteiger partial charge < -0.3 is 9.80 Å². The third-order valence-corrected chi connectivity index (χ3v) is 5.54. The van der Waals surface area contributed by atoms with Crippen molar-refractivity contribution in [2.75, 3.05) is 0 Å². The van der Waals surface area contributed by atoms with E-state index >= 15 is 0 Å². The lowest BCUT2D eigenvalue weighted by atomic mass is 9.87. The maximum Gasteiger partial charge on any atom is 0.123 e. The molecule has 1 aromatic rings. The molecule has 0 aromatic heterocycles. The molecule has 1 saturated carbocycles. The molecule has 0 spiro atoms. The van der Waals surface area contributed by atoms with Gasteiger partial charge >= 0.3 is 0 Å². The summed E-state index contributed by atoms with van der Waals surface area (Å²) in [7, 11) is 0. The molecule has 0 saturated heterocycles. The van der Waals surface area contributed by atoms with E-state index in [0.29, 0.717) is 12.5 Å². The van der Waals surface area contributed by atoms with Crippen molar-refractivity contribution in [2.45, 2.75) is 52.5 Å². The van der Waals surface area contributed by atoms with E-state index in [1.54, 1.807) is 12.1 Å². The molecule has 146 valence electrons. The maximum atomic E-state index is 13.5. The molecule has 4 heteroatoms. The van der Waals surface area contributed by atoms with Crippen molar-refractivity contribution in [3.8, 4) is 0 Å². The lowest BCUT2D eigenvalue weighted by molar-refractivity contribution is 0.353. The van der Waals surface area contributed by atoms with E-state index in [4.69, 9.17) is 0 Å². The lowest BCUT2D eigenvalue weighted by Gasteiger charge is -2.31. The Morgan fingerprint density at radius 1 is 1.26 bits per heavy atom. The SMILES string of the molecule is C=C(C1CCCCC1)N(/C=C\C)/C=C(/Br)N(Cc1cccc(F)c1)C(=C)C. The fourth-order valence-electron chi connectivity index (χ4n) is 3.42. The van der Waals surface area contributed by atoms with Gasteiger partial charge in [-0.3, -0.25) is 0 Å². The topological polar surface area (TPSA) is 6.48 Å². The quantitative estimate of drug-likeness (QED) is 0.398. The predicted octanol–water partition coefficient (Wildman–Crippen LogP) is 7.28. The molecule has 0 amide bonds. The monoisotopic (exact) mass is 432 g/mol. The average Bonchev–Trinajstić information content (AvgIpc) is 2.65. The molecule has 0 unspecified atom stereocenters. The van der Waals surface area contributed by atoms with Gasteiger partial charge in [0.25, 0.3) is 0 Å². The molecule has 0 N–H and O–H groups in total. The van der Waals surface area contributed by atoms with Gasteiger partial charge in [-0.15, -0.1) is 0 Å². The van der Waals surface area contributed by atoms with E-state index in [1.165, 1.54) is 38.2 Å². The van der Waals surface area contributed by atoms with Crippen molar-refractivity contribution in [2.24, 2.45) is 5.92 Å². The minimum absolute atomic E-state index is 0.226. The van der Waals surface area contributed by atoms with Crippen LogP contribution in [0.5, 0.6) is 0 Å². The summed E-state index contributed by atoms with van der Waals surface area (Å²) >= 11 is 3.70. The second-order valence-electron chi connectivity index (χ2n) is 7.12. The largest absolute Gasteiger partial charge is 0.335 e. The van der Waals surface area contributed by atoms with Crippen LogP contribution in [0.2, 0.25) is 0 Å². The van der Waals surface area contributed by atoms with Crippen molar-refractivity contribution < 1.29 is 4.39 Å². The van der Waals surface area contributed by atoms with Gasteiger partial charge in [0.15, 0.2) is 0 Å². The van der Waals surface area contributed by atoms with Crippen LogP contribution in [0, 0.1) is 11.7 Å². The number of allylic oxidation sites excluding steroid dienone is 3. The smallest absolute Gasteiger partial charge is 0.123 e. The van der Waals surface area contributed by atoms with Crippen LogP contribution < -0.4 is 0 Å². The van der Waals surface area contributed by atoms with E-state index in [1.807, 2.05) is 43.3 Å². The van der Waals surface area contributed by atoms with E-state index in [2.05, 4.69) is 34.0 Å². The molecule has 0 bridgehead atoms. The first-order valence-electron chi connectivity index (χ1n) is 9.57. The minimum Gasteiger partial charge on any atom is -0.335 e. The van der Waals surface area contributed by atoms with Gasteiger partial charge in [-0.2, -0.15) is 0 Å². The Bertz CT molecular complexity index is 717. The predicted molar refractivity (Wildman–Crippen MR) is 116 cm³/mol. The van der Waals surface area contributed by atoms with Gasteiger partial charge in [0.05, 0.1) is 0 Å². The Balaban J connectivity index is 2.21. The van der Waals surface area contributed by atoms with Crippen LogP contribution in [0.25, 0.3) is 0 Å². The summed E-state index contributed by atoms with van der Waals surface area (Å²) in [4.78, 5) is 4.13. The number of rotatable bonds is 8. The highest BCUT2D eigenvalue weighted by Gasteiger charge is 2.20. The molecule has 0 radical (unpaired) electrons. The molecule has 0 atom stereocenters. The van der Waals surface area contributed by atoms with Gasteiger partial charge in [-0.05, 0) is 66.2 Å². The Morgan fingerprint density at radius 2 is 1.96 bits per heavy atom. The first-order valence-corrected chi connectivity index (χ1v) is 10.4. The Kier molecular flexibility index (Phi) is 8.36. The van der Waals surface area contributed by atoms with Crippen molar-refractivity contribution in [1.82, 2.24) is 9.80 Å². The molecule has 2 rings (SSSR count). The van der Waals surface area contributed by atoms with Crippen LogP contribution in [-0.2, 0) is 6.54 Å². The first-order chi connectivity index (χ1) is 12.9. The standard InChI is InChI=1S/C23H30BrFN2/c1-5-14-26(19(4)21-11-7-6-8-12-21)17-23(24)27(18(2)3)16-20-10-9-13-22(25)15-20/h5,9-10,13-15,17,21H,2,4,6-8,11-12,16H2,1,3H3/b14-5-,23-17-. The third-order valence-electron chi connectivity index (χ3n) is 4.91. The zero-order valence-corrected chi connectivity index (χ0v) is 18.0. The van der Waals surface area contributed by atoms with Gasteiger partial charge in [-0.1, -0.05) is 50.6 Å². The molecule has 1 aromatic carbocycles. The van der Waals surface area contributed by atoms with Crippen LogP contribution >= 0.6 is 15.9 Å². The van der Waals surface area contributed by atoms with E-state index in [0.717, 1.165) is 21.6 Å². The van der Waals surface area contributed by atoms with Crippen LogP contribution in [0.15, 0.2) is 71.9 Å². The number of halogens is 2. The van der Waals surface area contributed by atoms with Gasteiger partial charge in [0.2, 0.25) is 0 Å². The summed E-state index contributed by atoms with van der Waals surface area (Å²) < 4.78 is 14.4. The number of benzene rings is 1. The summed E-state index contributed by atoms with van der Waals surface area (Å²) in [5, 5.41) is 0. The normalized spacial score (nSPS) is 15.8. The van der Waals surface area contributed by atoms with Gasteiger partial charge in [-0.25, -0.2) is 4.39 Å². The van der Waals surface area contributed by atoms with Crippen LogP contribution in [0.1, 0.15) is 51.5 Å². The number of hydrogen-bond acceptors (Lipinski definition) is 2. The molecule has 1 fully saturated rings. The fraction of sp³-hybridized carbons (Fsp3) is 0.391. The fourth-order valence-corrected chi connectivity index (χ4v) is 4.07. The zero-order chi connectivity index (χ0) is 19.8. The van der Waals surface area contributed by atoms with Crippen LogP contribution in [0.3, 0.4) is 0 Å². The second kappa shape index (κ2) is 10.5. The Morgan fingerprint density at radius 3 is 2.56 bits per heavy atom. The summed E-state index contributed by atoms with van der Waals surface area (Å²) in [6.45, 7) is 13.0.